The van der Waals surface area contributed by atoms with E-state index >= 15 is 0 Å². The molecule has 1 heterocycles. The number of carbonyl (C=O) groups excluding carboxylic acids is 1. The van der Waals surface area contributed by atoms with Crippen LogP contribution >= 0.6 is 0 Å². The summed E-state index contributed by atoms with van der Waals surface area (Å²) in [4.78, 5) is 14.7. The molecule has 6 heteroatoms. The summed E-state index contributed by atoms with van der Waals surface area (Å²) >= 11 is 0. The van der Waals surface area contributed by atoms with Gasteiger partial charge in [-0.1, -0.05) is 43.2 Å². The zero-order valence-electron chi connectivity index (χ0n) is 16.3. The first-order valence-electron chi connectivity index (χ1n) is 10.3. The summed E-state index contributed by atoms with van der Waals surface area (Å²) in [5.41, 5.74) is 1.17. The SMILES string of the molecule is CN(C(=O)C1CCN(S(=O)(=O)CCCc2ccccc2)CC1)C1CCCC1. The van der Waals surface area contributed by atoms with Crippen LogP contribution in [-0.2, 0) is 21.2 Å². The second-order valence-corrected chi connectivity index (χ2v) is 10.1. The van der Waals surface area contributed by atoms with E-state index in [-0.39, 0.29) is 17.6 Å². The summed E-state index contributed by atoms with van der Waals surface area (Å²) in [5, 5.41) is 0. The Kier molecular flexibility index (Phi) is 6.93. The van der Waals surface area contributed by atoms with Crippen LogP contribution < -0.4 is 0 Å². The molecule has 0 N–H and O–H groups in total. The molecule has 1 amide bonds. The molecule has 0 atom stereocenters. The van der Waals surface area contributed by atoms with Crippen molar-refractivity contribution in [2.75, 3.05) is 25.9 Å². The molecule has 1 aliphatic heterocycles. The highest BCUT2D eigenvalue weighted by Crippen LogP contribution is 2.27. The zero-order chi connectivity index (χ0) is 19.3. The summed E-state index contributed by atoms with van der Waals surface area (Å²) in [6.45, 7) is 0.950. The first kappa shape index (κ1) is 20.3. The van der Waals surface area contributed by atoms with Crippen LogP contribution in [0.4, 0.5) is 0 Å². The van der Waals surface area contributed by atoms with E-state index in [1.807, 2.05) is 42.3 Å². The van der Waals surface area contributed by atoms with Crippen LogP contribution in [0.1, 0.15) is 50.5 Å². The lowest BCUT2D eigenvalue weighted by atomic mass is 9.96. The Morgan fingerprint density at radius 3 is 2.33 bits per heavy atom. The highest BCUT2D eigenvalue weighted by atomic mass is 32.2. The second-order valence-electron chi connectivity index (χ2n) is 7.97. The minimum atomic E-state index is -3.23. The van der Waals surface area contributed by atoms with Crippen molar-refractivity contribution in [2.24, 2.45) is 5.92 Å². The molecule has 2 fully saturated rings. The number of nitrogens with zero attached hydrogens (tertiary/aromatic N) is 2. The number of piperidine rings is 1. The van der Waals surface area contributed by atoms with Crippen molar-refractivity contribution in [2.45, 2.75) is 57.4 Å². The van der Waals surface area contributed by atoms with Gasteiger partial charge >= 0.3 is 0 Å². The van der Waals surface area contributed by atoms with E-state index in [4.69, 9.17) is 0 Å². The summed E-state index contributed by atoms with van der Waals surface area (Å²) in [6, 6.07) is 10.4. The Labute approximate surface area is 163 Å². The molecule has 0 unspecified atom stereocenters. The lowest BCUT2D eigenvalue weighted by Gasteiger charge is -2.34. The summed E-state index contributed by atoms with van der Waals surface area (Å²) < 4.78 is 26.8. The molecule has 0 aromatic heterocycles. The van der Waals surface area contributed by atoms with Crippen LogP contribution in [0.2, 0.25) is 0 Å². The largest absolute Gasteiger partial charge is 0.343 e. The number of rotatable bonds is 7. The smallest absolute Gasteiger partial charge is 0.225 e. The monoisotopic (exact) mass is 392 g/mol. The Bertz CT molecular complexity index is 706. The minimum absolute atomic E-state index is 0.0219. The second kappa shape index (κ2) is 9.20. The first-order valence-corrected chi connectivity index (χ1v) is 11.9. The van der Waals surface area contributed by atoms with Gasteiger partial charge in [0.1, 0.15) is 0 Å². The number of sulfonamides is 1. The maximum Gasteiger partial charge on any atom is 0.225 e. The van der Waals surface area contributed by atoms with Crippen LogP contribution in [-0.4, -0.2) is 55.5 Å². The third-order valence-corrected chi connectivity index (χ3v) is 8.08. The molecule has 1 aromatic rings. The Morgan fingerprint density at radius 1 is 1.07 bits per heavy atom. The number of benzene rings is 1. The predicted molar refractivity (Wildman–Crippen MR) is 108 cm³/mol. The lowest BCUT2D eigenvalue weighted by Crippen LogP contribution is -2.46. The Hall–Kier alpha value is -1.40. The number of hydrogen-bond acceptors (Lipinski definition) is 3. The van der Waals surface area contributed by atoms with Crippen LogP contribution in [0.25, 0.3) is 0 Å². The van der Waals surface area contributed by atoms with Crippen molar-refractivity contribution < 1.29 is 13.2 Å². The van der Waals surface area contributed by atoms with Crippen LogP contribution in [0, 0.1) is 5.92 Å². The van der Waals surface area contributed by atoms with Crippen molar-refractivity contribution >= 4 is 15.9 Å². The first-order chi connectivity index (χ1) is 13.0. The molecule has 0 bridgehead atoms. The lowest BCUT2D eigenvalue weighted by molar-refractivity contribution is -0.137. The highest BCUT2D eigenvalue weighted by Gasteiger charge is 2.34. The van der Waals surface area contributed by atoms with Crippen molar-refractivity contribution in [1.29, 1.82) is 0 Å². The van der Waals surface area contributed by atoms with Crippen molar-refractivity contribution in [3.63, 3.8) is 0 Å². The number of aryl methyl sites for hydroxylation is 1. The third-order valence-electron chi connectivity index (χ3n) is 6.13. The molecule has 1 saturated carbocycles. The molecular formula is C21H32N2O3S. The normalized spacial score (nSPS) is 20.0. The molecule has 2 aliphatic rings. The summed E-state index contributed by atoms with van der Waals surface area (Å²) in [5.74, 6) is 0.372. The van der Waals surface area contributed by atoms with E-state index in [2.05, 4.69) is 0 Å². The molecule has 3 rings (SSSR count). The van der Waals surface area contributed by atoms with Gasteiger partial charge in [-0.25, -0.2) is 12.7 Å². The van der Waals surface area contributed by atoms with Gasteiger partial charge in [-0.15, -0.1) is 0 Å². The van der Waals surface area contributed by atoms with E-state index in [1.165, 1.54) is 18.4 Å². The fraction of sp³-hybridized carbons (Fsp3) is 0.667. The molecule has 1 aliphatic carbocycles. The van der Waals surface area contributed by atoms with Crippen LogP contribution in [0.3, 0.4) is 0 Å². The van der Waals surface area contributed by atoms with Crippen LogP contribution in [0.5, 0.6) is 0 Å². The van der Waals surface area contributed by atoms with Gasteiger partial charge in [-0.3, -0.25) is 4.79 Å². The zero-order valence-corrected chi connectivity index (χ0v) is 17.2. The molecule has 5 nitrogen and oxygen atoms in total. The average molecular weight is 393 g/mol. The van der Waals surface area contributed by atoms with Crippen molar-refractivity contribution in [3.8, 4) is 0 Å². The predicted octanol–water partition coefficient (Wildman–Crippen LogP) is 3.06. The van der Waals surface area contributed by atoms with Gasteiger partial charge in [0, 0.05) is 32.1 Å². The molecular weight excluding hydrogens is 360 g/mol. The number of hydrogen-bond donors (Lipinski definition) is 0. The van der Waals surface area contributed by atoms with Crippen molar-refractivity contribution in [3.05, 3.63) is 35.9 Å². The van der Waals surface area contributed by atoms with Crippen molar-refractivity contribution in [1.82, 2.24) is 9.21 Å². The van der Waals surface area contributed by atoms with Gasteiger partial charge < -0.3 is 4.90 Å². The van der Waals surface area contributed by atoms with E-state index < -0.39 is 10.0 Å². The van der Waals surface area contributed by atoms with Gasteiger partial charge in [0.05, 0.1) is 5.75 Å². The van der Waals surface area contributed by atoms with Gasteiger partial charge in [0.2, 0.25) is 15.9 Å². The summed E-state index contributed by atoms with van der Waals surface area (Å²) in [7, 11) is -1.31. The average Bonchev–Trinajstić information content (AvgIpc) is 3.22. The van der Waals surface area contributed by atoms with Crippen LogP contribution in [0.15, 0.2) is 30.3 Å². The summed E-state index contributed by atoms with van der Waals surface area (Å²) in [6.07, 6.45) is 7.34. The number of amides is 1. The van der Waals surface area contributed by atoms with E-state index in [0.717, 1.165) is 19.3 Å². The quantitative estimate of drug-likeness (QED) is 0.717. The Balaban J connectivity index is 1.45. The van der Waals surface area contributed by atoms with Gasteiger partial charge in [0.25, 0.3) is 0 Å². The fourth-order valence-electron chi connectivity index (χ4n) is 4.37. The molecule has 27 heavy (non-hydrogen) atoms. The standard InChI is InChI=1S/C21H32N2O3S/c1-22(20-11-5-6-12-20)21(24)19-13-15-23(16-14-19)27(25,26)17-7-10-18-8-3-2-4-9-18/h2-4,8-9,19-20H,5-7,10-17H2,1H3. The fourth-order valence-corrected chi connectivity index (χ4v) is 5.91. The third kappa shape index (κ3) is 5.32. The molecule has 150 valence electrons. The van der Waals surface area contributed by atoms with Gasteiger partial charge in [-0.05, 0) is 44.1 Å². The van der Waals surface area contributed by atoms with Gasteiger partial charge in [0.15, 0.2) is 0 Å². The Morgan fingerprint density at radius 2 is 1.70 bits per heavy atom. The van der Waals surface area contributed by atoms with E-state index in [0.29, 0.717) is 38.4 Å². The maximum atomic E-state index is 12.7. The van der Waals surface area contributed by atoms with E-state index in [9.17, 15) is 13.2 Å². The molecule has 0 radical (unpaired) electrons. The minimum Gasteiger partial charge on any atom is -0.343 e. The maximum absolute atomic E-state index is 12.7. The van der Waals surface area contributed by atoms with Gasteiger partial charge in [-0.2, -0.15) is 0 Å². The molecule has 1 aromatic carbocycles. The number of carbonyl (C=O) groups is 1. The molecule has 0 spiro atoms. The molecule has 1 saturated heterocycles. The topological polar surface area (TPSA) is 57.7 Å². The van der Waals surface area contributed by atoms with E-state index in [1.54, 1.807) is 4.31 Å². The highest BCUT2D eigenvalue weighted by molar-refractivity contribution is 7.89.